The lowest BCUT2D eigenvalue weighted by Crippen LogP contribution is -2.43. The van der Waals surface area contributed by atoms with E-state index < -0.39 is 29.7 Å². The van der Waals surface area contributed by atoms with Crippen molar-refractivity contribution >= 4 is 11.9 Å². The summed E-state index contributed by atoms with van der Waals surface area (Å²) in [6, 6.07) is 10.4. The van der Waals surface area contributed by atoms with Crippen LogP contribution in [0.15, 0.2) is 48.5 Å². The third-order valence-electron chi connectivity index (χ3n) is 3.77. The van der Waals surface area contributed by atoms with Crippen LogP contribution < -0.4 is 5.32 Å². The highest BCUT2D eigenvalue weighted by Crippen LogP contribution is 2.29. The van der Waals surface area contributed by atoms with Crippen LogP contribution in [-0.2, 0) is 22.1 Å². The van der Waals surface area contributed by atoms with Crippen molar-refractivity contribution in [3.05, 3.63) is 70.8 Å². The molecule has 0 saturated heterocycles. The van der Waals surface area contributed by atoms with Crippen LogP contribution in [0.4, 0.5) is 13.2 Å². The molecule has 1 N–H and O–H groups in total. The molecule has 0 unspecified atom stereocenters. The first-order valence-electron chi connectivity index (χ1n) is 7.82. The van der Waals surface area contributed by atoms with E-state index in [-0.39, 0.29) is 12.0 Å². The van der Waals surface area contributed by atoms with Crippen LogP contribution in [0.3, 0.4) is 0 Å². The molecule has 0 aliphatic carbocycles. The van der Waals surface area contributed by atoms with Crippen molar-refractivity contribution in [1.82, 2.24) is 5.32 Å². The maximum Gasteiger partial charge on any atom is 0.416 e. The van der Waals surface area contributed by atoms with E-state index in [9.17, 15) is 22.8 Å². The summed E-state index contributed by atoms with van der Waals surface area (Å²) in [5.74, 6) is -1.45. The van der Waals surface area contributed by atoms with E-state index in [1.54, 1.807) is 6.07 Å². The quantitative estimate of drug-likeness (QED) is 0.825. The maximum atomic E-state index is 12.8. The molecule has 2 aromatic rings. The number of carbonyl (C=O) groups excluding carboxylic acids is 2. The highest BCUT2D eigenvalue weighted by Gasteiger charge is 2.31. The molecule has 4 nitrogen and oxygen atoms in total. The molecule has 26 heavy (non-hydrogen) atoms. The minimum absolute atomic E-state index is 0.166. The van der Waals surface area contributed by atoms with Crippen LogP contribution in [0.1, 0.15) is 27.0 Å². The zero-order valence-electron chi connectivity index (χ0n) is 14.3. The van der Waals surface area contributed by atoms with Gasteiger partial charge in [-0.25, -0.2) is 4.79 Å². The van der Waals surface area contributed by atoms with Crippen LogP contribution >= 0.6 is 0 Å². The standard InChI is InChI=1S/C19H18F3NO3/c1-12-5-3-6-13(9-12)10-16(18(25)26-2)23-17(24)14-7-4-8-15(11-14)19(20,21)22/h3-9,11,16H,10H2,1-2H3,(H,23,24)/t16-/m1/s1. The lowest BCUT2D eigenvalue weighted by molar-refractivity contribution is -0.143. The number of esters is 1. The first-order chi connectivity index (χ1) is 12.2. The number of halogens is 3. The molecule has 0 bridgehead atoms. The van der Waals surface area contributed by atoms with Crippen LogP contribution in [0, 0.1) is 6.92 Å². The van der Waals surface area contributed by atoms with Gasteiger partial charge in [0.2, 0.25) is 0 Å². The Labute approximate surface area is 149 Å². The second kappa shape index (κ2) is 8.03. The number of hydrogen-bond donors (Lipinski definition) is 1. The number of amides is 1. The van der Waals surface area contributed by atoms with Crippen LogP contribution in [0.5, 0.6) is 0 Å². The molecule has 1 amide bonds. The molecular weight excluding hydrogens is 347 g/mol. The average Bonchev–Trinajstić information content (AvgIpc) is 2.60. The molecule has 0 aliphatic rings. The normalized spacial score (nSPS) is 12.3. The second-order valence-electron chi connectivity index (χ2n) is 5.82. The summed E-state index contributed by atoms with van der Waals surface area (Å²) < 4.78 is 43.1. The molecule has 0 saturated carbocycles. The molecule has 0 aromatic heterocycles. The Morgan fingerprint density at radius 2 is 1.81 bits per heavy atom. The first-order valence-corrected chi connectivity index (χ1v) is 7.82. The average molecular weight is 365 g/mol. The Balaban J connectivity index is 2.20. The molecule has 0 aliphatic heterocycles. The molecule has 0 spiro atoms. The summed E-state index contributed by atoms with van der Waals surface area (Å²) in [6.45, 7) is 1.89. The zero-order valence-corrected chi connectivity index (χ0v) is 14.3. The van der Waals surface area contributed by atoms with Gasteiger partial charge in [-0.05, 0) is 30.7 Å². The van der Waals surface area contributed by atoms with E-state index in [2.05, 4.69) is 5.32 Å². The number of hydrogen-bond acceptors (Lipinski definition) is 3. The molecule has 138 valence electrons. The summed E-state index contributed by atoms with van der Waals surface area (Å²) >= 11 is 0. The van der Waals surface area contributed by atoms with Crippen molar-refractivity contribution in [3.63, 3.8) is 0 Å². The smallest absolute Gasteiger partial charge is 0.416 e. The number of alkyl halides is 3. The van der Waals surface area contributed by atoms with Gasteiger partial charge in [-0.3, -0.25) is 4.79 Å². The van der Waals surface area contributed by atoms with Gasteiger partial charge in [0.1, 0.15) is 6.04 Å². The fourth-order valence-corrected chi connectivity index (χ4v) is 2.49. The molecule has 1 atom stereocenters. The zero-order chi connectivity index (χ0) is 19.3. The van der Waals surface area contributed by atoms with Crippen LogP contribution in [-0.4, -0.2) is 25.0 Å². The summed E-state index contributed by atoms with van der Waals surface area (Å²) in [7, 11) is 1.18. The van der Waals surface area contributed by atoms with Gasteiger partial charge in [-0.15, -0.1) is 0 Å². The maximum absolute atomic E-state index is 12.8. The number of ether oxygens (including phenoxy) is 1. The van der Waals surface area contributed by atoms with E-state index >= 15 is 0 Å². The minimum Gasteiger partial charge on any atom is -0.467 e. The van der Waals surface area contributed by atoms with E-state index in [1.807, 2.05) is 25.1 Å². The lowest BCUT2D eigenvalue weighted by atomic mass is 10.0. The summed E-state index contributed by atoms with van der Waals surface area (Å²) in [6.07, 6.45) is -4.39. The monoisotopic (exact) mass is 365 g/mol. The van der Waals surface area contributed by atoms with Gasteiger partial charge in [0.05, 0.1) is 12.7 Å². The van der Waals surface area contributed by atoms with Gasteiger partial charge >= 0.3 is 12.1 Å². The van der Waals surface area contributed by atoms with E-state index in [0.717, 1.165) is 29.3 Å². The lowest BCUT2D eigenvalue weighted by Gasteiger charge is -2.17. The Morgan fingerprint density at radius 3 is 2.42 bits per heavy atom. The number of nitrogens with one attached hydrogen (secondary N) is 1. The molecule has 0 fully saturated rings. The van der Waals surface area contributed by atoms with Crippen LogP contribution in [0.25, 0.3) is 0 Å². The predicted molar refractivity (Wildman–Crippen MR) is 89.6 cm³/mol. The van der Waals surface area contributed by atoms with Gasteiger partial charge in [-0.1, -0.05) is 35.9 Å². The highest BCUT2D eigenvalue weighted by atomic mass is 19.4. The van der Waals surface area contributed by atoms with Gasteiger partial charge in [0, 0.05) is 12.0 Å². The number of carbonyl (C=O) groups is 2. The number of rotatable bonds is 5. The Hall–Kier alpha value is -2.83. The van der Waals surface area contributed by atoms with Crippen molar-refractivity contribution in [2.45, 2.75) is 25.6 Å². The number of methoxy groups -OCH3 is 1. The minimum atomic E-state index is -4.56. The highest BCUT2D eigenvalue weighted by molar-refractivity contribution is 5.97. The Morgan fingerprint density at radius 1 is 1.12 bits per heavy atom. The molecule has 0 heterocycles. The predicted octanol–water partition coefficient (Wildman–Crippen LogP) is 3.53. The summed E-state index contributed by atoms with van der Waals surface area (Å²) in [5, 5.41) is 2.45. The topological polar surface area (TPSA) is 55.4 Å². The van der Waals surface area contributed by atoms with Crippen molar-refractivity contribution in [3.8, 4) is 0 Å². The van der Waals surface area contributed by atoms with Gasteiger partial charge in [0.15, 0.2) is 0 Å². The molecule has 0 radical (unpaired) electrons. The van der Waals surface area contributed by atoms with Crippen molar-refractivity contribution in [1.29, 1.82) is 0 Å². The third-order valence-corrected chi connectivity index (χ3v) is 3.77. The van der Waals surface area contributed by atoms with Gasteiger partial charge < -0.3 is 10.1 Å². The number of benzene rings is 2. The van der Waals surface area contributed by atoms with Gasteiger partial charge in [0.25, 0.3) is 5.91 Å². The Bertz CT molecular complexity index is 803. The van der Waals surface area contributed by atoms with Gasteiger partial charge in [-0.2, -0.15) is 13.2 Å². The molecular formula is C19H18F3NO3. The largest absolute Gasteiger partial charge is 0.467 e. The first kappa shape index (κ1) is 19.5. The summed E-state index contributed by atoms with van der Waals surface area (Å²) in [5.41, 5.74) is 0.663. The number of aryl methyl sites for hydroxylation is 1. The van der Waals surface area contributed by atoms with E-state index in [4.69, 9.17) is 4.74 Å². The molecule has 2 aromatic carbocycles. The van der Waals surface area contributed by atoms with Crippen molar-refractivity contribution in [2.24, 2.45) is 0 Å². The van der Waals surface area contributed by atoms with Crippen molar-refractivity contribution in [2.75, 3.05) is 7.11 Å². The Kier molecular flexibility index (Phi) is 6.02. The molecule has 7 heteroatoms. The van der Waals surface area contributed by atoms with Crippen LogP contribution in [0.2, 0.25) is 0 Å². The van der Waals surface area contributed by atoms with Crippen molar-refractivity contribution < 1.29 is 27.5 Å². The summed E-state index contributed by atoms with van der Waals surface area (Å²) in [4.78, 5) is 24.3. The van der Waals surface area contributed by atoms with E-state index in [1.165, 1.54) is 13.2 Å². The third kappa shape index (κ3) is 5.08. The SMILES string of the molecule is COC(=O)[C@@H](Cc1cccc(C)c1)NC(=O)c1cccc(C(F)(F)F)c1. The second-order valence-corrected chi connectivity index (χ2v) is 5.82. The van der Waals surface area contributed by atoms with E-state index in [0.29, 0.717) is 0 Å². The fraction of sp³-hybridized carbons (Fsp3) is 0.263. The fourth-order valence-electron chi connectivity index (χ4n) is 2.49. The molecule has 2 rings (SSSR count).